The van der Waals surface area contributed by atoms with Gasteiger partial charge in [-0.05, 0) is 61.1 Å². The van der Waals surface area contributed by atoms with E-state index in [-0.39, 0.29) is 18.0 Å². The maximum atomic E-state index is 13.2. The number of benzene rings is 2. The van der Waals surface area contributed by atoms with Crippen molar-refractivity contribution in [3.63, 3.8) is 0 Å². The quantitative estimate of drug-likeness (QED) is 0.188. The Labute approximate surface area is 293 Å². The number of amides is 3. The molecule has 0 bridgehead atoms. The lowest BCUT2D eigenvalue weighted by atomic mass is 10.0. The van der Waals surface area contributed by atoms with Gasteiger partial charge >= 0.3 is 6.03 Å². The molecular formula is C37H47ClN8O3. The molecule has 260 valence electrons. The van der Waals surface area contributed by atoms with Gasteiger partial charge in [-0.2, -0.15) is 5.10 Å². The van der Waals surface area contributed by atoms with Crippen molar-refractivity contribution in [2.45, 2.75) is 72.3 Å². The van der Waals surface area contributed by atoms with E-state index < -0.39 is 0 Å². The Morgan fingerprint density at radius 2 is 1.76 bits per heavy atom. The van der Waals surface area contributed by atoms with E-state index in [0.29, 0.717) is 18.1 Å². The molecule has 12 heteroatoms. The van der Waals surface area contributed by atoms with Crippen LogP contribution in [0.15, 0.2) is 48.7 Å². The number of urea groups is 1. The fraction of sp³-hybridized carbons (Fsp3) is 0.459. The van der Waals surface area contributed by atoms with Crippen molar-refractivity contribution in [1.82, 2.24) is 35.2 Å². The molecule has 4 aromatic rings. The van der Waals surface area contributed by atoms with Crippen molar-refractivity contribution in [3.8, 4) is 11.1 Å². The van der Waals surface area contributed by atoms with Gasteiger partial charge in [-0.15, -0.1) is 0 Å². The molecule has 2 fully saturated rings. The second-order valence-electron chi connectivity index (χ2n) is 12.8. The summed E-state index contributed by atoms with van der Waals surface area (Å²) in [5.41, 5.74) is 7.89. The van der Waals surface area contributed by atoms with E-state index in [9.17, 15) is 9.59 Å². The van der Waals surface area contributed by atoms with Crippen LogP contribution in [-0.4, -0.2) is 81.9 Å². The van der Waals surface area contributed by atoms with Crippen LogP contribution in [0.2, 0.25) is 5.02 Å². The number of aryl methyl sites for hydroxylation is 2. The zero-order valence-electron chi connectivity index (χ0n) is 28.7. The first-order valence-corrected chi connectivity index (χ1v) is 17.8. The molecule has 2 aromatic carbocycles. The topological polar surface area (TPSA) is 117 Å². The molecule has 3 N–H and O–H groups in total. The van der Waals surface area contributed by atoms with Crippen LogP contribution in [-0.2, 0) is 42.1 Å². The summed E-state index contributed by atoms with van der Waals surface area (Å²) in [7, 11) is 0. The number of aromatic nitrogens is 3. The van der Waals surface area contributed by atoms with Gasteiger partial charge in [-0.3, -0.25) is 9.69 Å². The Hall–Kier alpha value is -4.19. The predicted molar refractivity (Wildman–Crippen MR) is 194 cm³/mol. The Morgan fingerprint density at radius 1 is 0.980 bits per heavy atom. The van der Waals surface area contributed by atoms with Crippen LogP contribution in [0.1, 0.15) is 56.0 Å². The molecule has 0 radical (unpaired) electrons. The number of ether oxygens (including phenoxy) is 1. The van der Waals surface area contributed by atoms with Crippen LogP contribution in [0.25, 0.3) is 22.2 Å². The summed E-state index contributed by atoms with van der Waals surface area (Å²) in [5, 5.41) is 16.1. The van der Waals surface area contributed by atoms with Crippen molar-refractivity contribution in [3.05, 3.63) is 76.1 Å². The molecule has 2 saturated heterocycles. The van der Waals surface area contributed by atoms with Crippen molar-refractivity contribution in [1.29, 1.82) is 0 Å². The minimum Gasteiger partial charge on any atom is -0.381 e. The molecule has 4 heterocycles. The van der Waals surface area contributed by atoms with Gasteiger partial charge < -0.3 is 25.6 Å². The van der Waals surface area contributed by atoms with Gasteiger partial charge in [0.2, 0.25) is 5.91 Å². The van der Waals surface area contributed by atoms with Crippen LogP contribution in [0.5, 0.6) is 0 Å². The zero-order valence-corrected chi connectivity index (χ0v) is 29.5. The fourth-order valence-corrected chi connectivity index (χ4v) is 6.96. The van der Waals surface area contributed by atoms with Gasteiger partial charge in [-0.25, -0.2) is 14.5 Å². The van der Waals surface area contributed by atoms with Gasteiger partial charge in [0.15, 0.2) is 5.65 Å². The Morgan fingerprint density at radius 3 is 2.49 bits per heavy atom. The second-order valence-corrected chi connectivity index (χ2v) is 13.2. The SMILES string of the molecule is CCc1nc2c(cnn2CC)c(NC2CCOCC2)c1CNC(=O)NCc1ccc(Cl)c(-c2cccc(CN3CCN(C(C)=O)CC3)c2)c1. The van der Waals surface area contributed by atoms with Crippen LogP contribution < -0.4 is 16.0 Å². The molecule has 0 spiro atoms. The standard InChI is InChI=1S/C37H47ClN8O3/c1-4-34-31(35(42-29-11-17-49-18-12-29)32-23-41-46(5-2)36(32)43-34)22-40-37(48)39-21-26-9-10-33(38)30(20-26)28-8-6-7-27(19-28)24-44-13-15-45(16-14-44)25(3)47/h6-10,19-20,23,29H,4-5,11-18,21-22,24H2,1-3H3,(H,42,43)(H2,39,40,48). The third-order valence-corrected chi connectivity index (χ3v) is 9.88. The normalized spacial score (nSPS) is 15.8. The number of fused-ring (bicyclic) bond motifs is 1. The third-order valence-electron chi connectivity index (χ3n) is 9.55. The number of rotatable bonds is 11. The number of nitrogens with zero attached hydrogens (tertiary/aromatic N) is 5. The number of halogens is 1. The molecule has 11 nitrogen and oxygen atoms in total. The molecule has 2 aliphatic heterocycles. The van der Waals surface area contributed by atoms with Crippen molar-refractivity contribution in [2.75, 3.05) is 44.7 Å². The summed E-state index contributed by atoms with van der Waals surface area (Å²) in [5.74, 6) is 0.136. The van der Waals surface area contributed by atoms with Gasteiger partial charge in [0, 0.05) is 100 Å². The Bertz CT molecular complexity index is 1780. The summed E-state index contributed by atoms with van der Waals surface area (Å²) < 4.78 is 7.51. The molecule has 0 aliphatic carbocycles. The molecular weight excluding hydrogens is 640 g/mol. The zero-order chi connectivity index (χ0) is 34.3. The van der Waals surface area contributed by atoms with E-state index in [0.717, 1.165) is 116 Å². The number of hydrogen-bond donors (Lipinski definition) is 3. The van der Waals surface area contributed by atoms with E-state index in [4.69, 9.17) is 21.3 Å². The van der Waals surface area contributed by atoms with Crippen molar-refractivity contribution in [2.24, 2.45) is 0 Å². The highest BCUT2D eigenvalue weighted by Crippen LogP contribution is 2.32. The Balaban J connectivity index is 1.11. The molecule has 0 saturated carbocycles. The van der Waals surface area contributed by atoms with E-state index in [2.05, 4.69) is 64.1 Å². The number of pyridine rings is 1. The minimum atomic E-state index is -0.258. The van der Waals surface area contributed by atoms with E-state index in [1.165, 1.54) is 5.56 Å². The molecule has 6 rings (SSSR count). The lowest BCUT2D eigenvalue weighted by Gasteiger charge is -2.34. The maximum absolute atomic E-state index is 13.2. The molecule has 3 amide bonds. The number of hydrogen-bond acceptors (Lipinski definition) is 7. The van der Waals surface area contributed by atoms with Crippen molar-refractivity contribution >= 4 is 40.3 Å². The molecule has 2 aliphatic rings. The van der Waals surface area contributed by atoms with Crippen molar-refractivity contribution < 1.29 is 14.3 Å². The summed E-state index contributed by atoms with van der Waals surface area (Å²) in [6, 6.07) is 14.3. The number of piperazine rings is 1. The predicted octanol–water partition coefficient (Wildman–Crippen LogP) is 5.59. The first-order chi connectivity index (χ1) is 23.8. The number of carbonyl (C=O) groups is 2. The Kier molecular flexibility index (Phi) is 11.3. The highest BCUT2D eigenvalue weighted by atomic mass is 35.5. The summed E-state index contributed by atoms with van der Waals surface area (Å²) in [6.07, 6.45) is 4.46. The number of nitrogens with one attached hydrogen (secondary N) is 3. The molecule has 2 aromatic heterocycles. The lowest BCUT2D eigenvalue weighted by molar-refractivity contribution is -0.130. The molecule has 49 heavy (non-hydrogen) atoms. The first kappa shape index (κ1) is 34.7. The largest absolute Gasteiger partial charge is 0.381 e. The van der Waals surface area contributed by atoms with Gasteiger partial charge in [0.05, 0.1) is 17.3 Å². The van der Waals surface area contributed by atoms with E-state index >= 15 is 0 Å². The highest BCUT2D eigenvalue weighted by molar-refractivity contribution is 6.33. The average Bonchev–Trinajstić information content (AvgIpc) is 3.54. The molecule has 0 unspecified atom stereocenters. The van der Waals surface area contributed by atoms with E-state index in [1.54, 1.807) is 6.92 Å². The van der Waals surface area contributed by atoms with E-state index in [1.807, 2.05) is 34.0 Å². The minimum absolute atomic E-state index is 0.136. The van der Waals surface area contributed by atoms with Gasteiger partial charge in [0.25, 0.3) is 0 Å². The lowest BCUT2D eigenvalue weighted by Crippen LogP contribution is -2.47. The van der Waals surface area contributed by atoms with Crippen LogP contribution in [0.3, 0.4) is 0 Å². The van der Waals surface area contributed by atoms with Crippen LogP contribution in [0.4, 0.5) is 10.5 Å². The monoisotopic (exact) mass is 686 g/mol. The fourth-order valence-electron chi connectivity index (χ4n) is 6.73. The smallest absolute Gasteiger partial charge is 0.315 e. The van der Waals surface area contributed by atoms with Gasteiger partial charge in [-0.1, -0.05) is 42.8 Å². The van der Waals surface area contributed by atoms with Crippen LogP contribution >= 0.6 is 11.6 Å². The maximum Gasteiger partial charge on any atom is 0.315 e. The van der Waals surface area contributed by atoms with Crippen LogP contribution in [0, 0.1) is 0 Å². The first-order valence-electron chi connectivity index (χ1n) is 17.4. The summed E-state index contributed by atoms with van der Waals surface area (Å²) in [6.45, 7) is 12.7. The number of anilines is 1. The third kappa shape index (κ3) is 8.34. The molecule has 0 atom stereocenters. The number of carbonyl (C=O) groups excluding carboxylic acids is 2. The average molecular weight is 687 g/mol. The highest BCUT2D eigenvalue weighted by Gasteiger charge is 2.22. The van der Waals surface area contributed by atoms with Gasteiger partial charge in [0.1, 0.15) is 0 Å². The summed E-state index contributed by atoms with van der Waals surface area (Å²) in [4.78, 5) is 34.1. The second kappa shape index (κ2) is 16.0. The summed E-state index contributed by atoms with van der Waals surface area (Å²) >= 11 is 6.69.